The van der Waals surface area contributed by atoms with Gasteiger partial charge in [-0.1, -0.05) is 19.9 Å². The fourth-order valence-electron chi connectivity index (χ4n) is 3.78. The highest BCUT2D eigenvalue weighted by atomic mass is 127. The second kappa shape index (κ2) is 14.4. The number of nitrogens with two attached hydrogens (primary N) is 1. The zero-order chi connectivity index (χ0) is 21.9. The molecule has 176 valence electrons. The van der Waals surface area contributed by atoms with E-state index in [0.717, 1.165) is 62.8 Å². The summed E-state index contributed by atoms with van der Waals surface area (Å²) >= 11 is 0. The number of carbonyl (C=O) groups excluding carboxylic acids is 1. The minimum Gasteiger partial charge on any atom is -0.378 e. The standard InChI is InChI=1S/C22H38N6O2.HI/c1-5-30-19(16(2)3)8-12-26-22(24-4)27-15-18-7-6-11-25-21(18)28-13-9-17(10-14-28)20(23)29;/h6-7,11,16-17,19H,5,8-10,12-15H2,1-4H3,(H2,23,29)(H2,24,26,27);1H. The molecule has 31 heavy (non-hydrogen) atoms. The number of primary amides is 1. The number of pyridine rings is 1. The van der Waals surface area contributed by atoms with Gasteiger partial charge < -0.3 is 26.0 Å². The van der Waals surface area contributed by atoms with E-state index in [4.69, 9.17) is 10.5 Å². The first-order valence-corrected chi connectivity index (χ1v) is 11.0. The summed E-state index contributed by atoms with van der Waals surface area (Å²) in [6, 6.07) is 4.02. The van der Waals surface area contributed by atoms with Crippen LogP contribution in [0, 0.1) is 11.8 Å². The van der Waals surface area contributed by atoms with Crippen molar-refractivity contribution in [2.24, 2.45) is 22.6 Å². The van der Waals surface area contributed by atoms with Crippen molar-refractivity contribution in [1.29, 1.82) is 0 Å². The number of nitrogens with one attached hydrogen (secondary N) is 2. The molecule has 1 atom stereocenters. The van der Waals surface area contributed by atoms with Crippen LogP contribution in [-0.4, -0.2) is 56.2 Å². The number of anilines is 1. The van der Waals surface area contributed by atoms with Crippen molar-refractivity contribution < 1.29 is 9.53 Å². The molecular weight excluding hydrogens is 507 g/mol. The molecule has 0 saturated carbocycles. The van der Waals surface area contributed by atoms with Crippen LogP contribution < -0.4 is 21.3 Å². The van der Waals surface area contributed by atoms with Gasteiger partial charge in [0.1, 0.15) is 5.82 Å². The Morgan fingerprint density at radius 1 is 1.35 bits per heavy atom. The number of hydrogen-bond donors (Lipinski definition) is 3. The second-order valence-electron chi connectivity index (χ2n) is 8.03. The molecule has 9 heteroatoms. The number of guanidine groups is 1. The van der Waals surface area contributed by atoms with Crippen molar-refractivity contribution in [3.8, 4) is 0 Å². The average molecular weight is 546 g/mol. The lowest BCUT2D eigenvalue weighted by Gasteiger charge is -2.32. The van der Waals surface area contributed by atoms with Gasteiger partial charge in [-0.25, -0.2) is 4.98 Å². The van der Waals surface area contributed by atoms with Crippen molar-refractivity contribution in [1.82, 2.24) is 15.6 Å². The van der Waals surface area contributed by atoms with Gasteiger partial charge in [0.2, 0.25) is 5.91 Å². The normalized spacial score (nSPS) is 16.0. The summed E-state index contributed by atoms with van der Waals surface area (Å²) in [5.41, 5.74) is 6.56. The molecule has 1 saturated heterocycles. The molecule has 1 aromatic rings. The maximum absolute atomic E-state index is 11.4. The van der Waals surface area contributed by atoms with Crippen molar-refractivity contribution in [2.45, 2.75) is 52.7 Å². The number of halogens is 1. The minimum atomic E-state index is -0.198. The first-order chi connectivity index (χ1) is 14.5. The Kier molecular flexibility index (Phi) is 12.8. The van der Waals surface area contributed by atoms with Crippen molar-refractivity contribution in [3.63, 3.8) is 0 Å². The molecule has 0 bridgehead atoms. The maximum atomic E-state index is 11.4. The van der Waals surface area contributed by atoms with Crippen LogP contribution in [0.2, 0.25) is 0 Å². The Morgan fingerprint density at radius 3 is 2.65 bits per heavy atom. The highest BCUT2D eigenvalue weighted by Gasteiger charge is 2.25. The van der Waals surface area contributed by atoms with Crippen LogP contribution >= 0.6 is 24.0 Å². The van der Waals surface area contributed by atoms with Gasteiger partial charge in [-0.05, 0) is 38.2 Å². The highest BCUT2D eigenvalue weighted by molar-refractivity contribution is 14.0. The zero-order valence-electron chi connectivity index (χ0n) is 19.3. The number of aliphatic imine (C=N–C) groups is 1. The van der Waals surface area contributed by atoms with Crippen LogP contribution in [0.1, 0.15) is 45.6 Å². The number of piperidine rings is 1. The number of nitrogens with zero attached hydrogens (tertiary/aromatic N) is 3. The fourth-order valence-corrected chi connectivity index (χ4v) is 3.78. The Labute approximate surface area is 203 Å². The number of carbonyl (C=O) groups is 1. The average Bonchev–Trinajstić information content (AvgIpc) is 2.75. The van der Waals surface area contributed by atoms with Gasteiger partial charge in [0, 0.05) is 57.5 Å². The van der Waals surface area contributed by atoms with Crippen LogP contribution in [0.15, 0.2) is 23.3 Å². The number of aromatic nitrogens is 1. The van der Waals surface area contributed by atoms with Gasteiger partial charge in [0.05, 0.1) is 6.10 Å². The van der Waals surface area contributed by atoms with E-state index in [1.54, 1.807) is 7.05 Å². The molecule has 8 nitrogen and oxygen atoms in total. The lowest BCUT2D eigenvalue weighted by molar-refractivity contribution is -0.122. The van der Waals surface area contributed by atoms with E-state index in [1.807, 2.05) is 19.2 Å². The van der Waals surface area contributed by atoms with Crippen molar-refractivity contribution in [2.75, 3.05) is 38.2 Å². The van der Waals surface area contributed by atoms with Gasteiger partial charge >= 0.3 is 0 Å². The molecule has 1 unspecified atom stereocenters. The molecule has 0 spiro atoms. The van der Waals surface area contributed by atoms with Gasteiger partial charge in [-0.3, -0.25) is 9.79 Å². The van der Waals surface area contributed by atoms with Crippen LogP contribution in [0.5, 0.6) is 0 Å². The Morgan fingerprint density at radius 2 is 2.06 bits per heavy atom. The van der Waals surface area contributed by atoms with Crippen molar-refractivity contribution >= 4 is 41.7 Å². The van der Waals surface area contributed by atoms with Gasteiger partial charge in [0.25, 0.3) is 0 Å². The third kappa shape index (κ3) is 8.80. The van der Waals surface area contributed by atoms with Crippen LogP contribution in [-0.2, 0) is 16.1 Å². The fraction of sp³-hybridized carbons (Fsp3) is 0.682. The Bertz CT molecular complexity index is 692. The number of hydrogen-bond acceptors (Lipinski definition) is 5. The summed E-state index contributed by atoms with van der Waals surface area (Å²) in [4.78, 5) is 22.6. The summed E-state index contributed by atoms with van der Waals surface area (Å²) in [5.74, 6) is 1.98. The minimum absolute atomic E-state index is 0. The SMILES string of the molecule is CCOC(CCNC(=NC)NCc1cccnc1N1CCC(C(N)=O)CC1)C(C)C.I. The second-order valence-corrected chi connectivity index (χ2v) is 8.03. The zero-order valence-corrected chi connectivity index (χ0v) is 21.6. The lowest BCUT2D eigenvalue weighted by atomic mass is 9.96. The summed E-state index contributed by atoms with van der Waals surface area (Å²) in [7, 11) is 1.77. The van der Waals surface area contributed by atoms with Gasteiger partial charge in [0.15, 0.2) is 5.96 Å². The molecule has 1 aliphatic rings. The maximum Gasteiger partial charge on any atom is 0.220 e. The largest absolute Gasteiger partial charge is 0.378 e. The third-order valence-corrected chi connectivity index (χ3v) is 5.58. The Balaban J connectivity index is 0.00000480. The molecule has 4 N–H and O–H groups in total. The van der Waals surface area contributed by atoms with E-state index in [-0.39, 0.29) is 41.9 Å². The summed E-state index contributed by atoms with van der Waals surface area (Å²) in [6.07, 6.45) is 4.54. The van der Waals surface area contributed by atoms with E-state index < -0.39 is 0 Å². The third-order valence-electron chi connectivity index (χ3n) is 5.58. The molecule has 1 fully saturated rings. The Hall–Kier alpha value is -1.62. The van der Waals surface area contributed by atoms with E-state index in [1.165, 1.54) is 0 Å². The smallest absolute Gasteiger partial charge is 0.220 e. The highest BCUT2D eigenvalue weighted by Crippen LogP contribution is 2.24. The monoisotopic (exact) mass is 546 g/mol. The van der Waals surface area contributed by atoms with E-state index in [0.29, 0.717) is 12.5 Å². The molecule has 2 heterocycles. The number of amides is 1. The molecule has 1 amide bonds. The first-order valence-electron chi connectivity index (χ1n) is 11.0. The molecule has 1 aromatic heterocycles. The summed E-state index contributed by atoms with van der Waals surface area (Å²) < 4.78 is 5.81. The number of rotatable bonds is 10. The summed E-state index contributed by atoms with van der Waals surface area (Å²) in [5, 5.41) is 6.76. The lowest BCUT2D eigenvalue weighted by Crippen LogP contribution is -2.41. The quantitative estimate of drug-likeness (QED) is 0.237. The van der Waals surface area contributed by atoms with Crippen LogP contribution in [0.4, 0.5) is 5.82 Å². The molecule has 1 aliphatic heterocycles. The van der Waals surface area contributed by atoms with E-state index in [9.17, 15) is 4.79 Å². The summed E-state index contributed by atoms with van der Waals surface area (Å²) in [6.45, 7) is 10.1. The molecule has 0 aliphatic carbocycles. The van der Waals surface area contributed by atoms with E-state index in [2.05, 4.69) is 45.4 Å². The molecule has 2 rings (SSSR count). The predicted octanol–water partition coefficient (Wildman–Crippen LogP) is 2.52. The van der Waals surface area contributed by atoms with E-state index >= 15 is 0 Å². The van der Waals surface area contributed by atoms with Crippen LogP contribution in [0.3, 0.4) is 0 Å². The topological polar surface area (TPSA) is 105 Å². The predicted molar refractivity (Wildman–Crippen MR) is 137 cm³/mol. The molecule has 0 aromatic carbocycles. The van der Waals surface area contributed by atoms with Crippen molar-refractivity contribution in [3.05, 3.63) is 23.9 Å². The first kappa shape index (κ1) is 27.4. The van der Waals surface area contributed by atoms with Gasteiger partial charge in [-0.15, -0.1) is 24.0 Å². The molecular formula is C22H39IN6O2. The van der Waals surface area contributed by atoms with Gasteiger partial charge in [-0.2, -0.15) is 0 Å². The number of ether oxygens (including phenoxy) is 1. The molecule has 0 radical (unpaired) electrons. The van der Waals surface area contributed by atoms with Crippen LogP contribution in [0.25, 0.3) is 0 Å².